The highest BCUT2D eigenvalue weighted by Gasteiger charge is 2.26. The number of nitriles is 1. The average Bonchev–Trinajstić information content (AvgIpc) is 2.87. The van der Waals surface area contributed by atoms with E-state index in [9.17, 15) is 4.79 Å². The van der Waals surface area contributed by atoms with Gasteiger partial charge in [-0.3, -0.25) is 9.69 Å². The van der Waals surface area contributed by atoms with Gasteiger partial charge in [-0.2, -0.15) is 5.26 Å². The van der Waals surface area contributed by atoms with Crippen molar-refractivity contribution in [2.75, 3.05) is 20.2 Å². The molecule has 0 heterocycles. The molecule has 0 amide bonds. The van der Waals surface area contributed by atoms with Crippen molar-refractivity contribution >= 4 is 5.97 Å². The van der Waals surface area contributed by atoms with Gasteiger partial charge < -0.3 is 4.74 Å². The second kappa shape index (κ2) is 6.75. The SMILES string of the molecule is COC(=O)CN(CCC(C)(C)C#N)C1CCCC1. The highest BCUT2D eigenvalue weighted by atomic mass is 16.5. The summed E-state index contributed by atoms with van der Waals surface area (Å²) in [7, 11) is 1.42. The molecule has 1 saturated carbocycles. The normalized spacial score (nSPS) is 16.8. The fourth-order valence-corrected chi connectivity index (χ4v) is 2.37. The maximum absolute atomic E-state index is 11.4. The molecule has 0 aliphatic heterocycles. The summed E-state index contributed by atoms with van der Waals surface area (Å²) in [5.41, 5.74) is -0.326. The highest BCUT2D eigenvalue weighted by Crippen LogP contribution is 2.26. The maximum atomic E-state index is 11.4. The summed E-state index contributed by atoms with van der Waals surface area (Å²) in [6.07, 6.45) is 5.58. The largest absolute Gasteiger partial charge is 0.468 e. The lowest BCUT2D eigenvalue weighted by Gasteiger charge is -2.29. The minimum Gasteiger partial charge on any atom is -0.468 e. The van der Waals surface area contributed by atoms with E-state index in [0.717, 1.165) is 25.8 Å². The van der Waals surface area contributed by atoms with Gasteiger partial charge in [0.1, 0.15) is 0 Å². The Morgan fingerprint density at radius 1 is 1.44 bits per heavy atom. The molecule has 1 rings (SSSR count). The topological polar surface area (TPSA) is 53.3 Å². The van der Waals surface area contributed by atoms with Crippen molar-refractivity contribution in [2.45, 2.75) is 52.0 Å². The van der Waals surface area contributed by atoms with Gasteiger partial charge in [0.15, 0.2) is 0 Å². The molecule has 0 N–H and O–H groups in total. The molecule has 0 radical (unpaired) electrons. The van der Waals surface area contributed by atoms with Crippen molar-refractivity contribution in [3.8, 4) is 6.07 Å². The lowest BCUT2D eigenvalue weighted by molar-refractivity contribution is -0.142. The van der Waals surface area contributed by atoms with Gasteiger partial charge in [0, 0.05) is 12.6 Å². The van der Waals surface area contributed by atoms with E-state index in [1.54, 1.807) is 0 Å². The van der Waals surface area contributed by atoms with Crippen LogP contribution in [-0.4, -0.2) is 37.1 Å². The van der Waals surface area contributed by atoms with Crippen LogP contribution >= 0.6 is 0 Å². The van der Waals surface area contributed by atoms with Crippen LogP contribution in [0.4, 0.5) is 0 Å². The molecular weight excluding hydrogens is 228 g/mol. The fraction of sp³-hybridized carbons (Fsp3) is 0.857. The van der Waals surface area contributed by atoms with Crippen molar-refractivity contribution in [3.05, 3.63) is 0 Å². The van der Waals surface area contributed by atoms with Crippen LogP contribution in [0.3, 0.4) is 0 Å². The molecule has 0 spiro atoms. The summed E-state index contributed by atoms with van der Waals surface area (Å²) in [6, 6.07) is 2.80. The van der Waals surface area contributed by atoms with Gasteiger partial charge in [0.25, 0.3) is 0 Å². The Bertz CT molecular complexity index is 314. The summed E-state index contributed by atoms with van der Waals surface area (Å²) in [5, 5.41) is 9.04. The fourth-order valence-electron chi connectivity index (χ4n) is 2.37. The van der Waals surface area contributed by atoms with Gasteiger partial charge in [-0.25, -0.2) is 0 Å². The molecule has 0 atom stereocenters. The van der Waals surface area contributed by atoms with Crippen molar-refractivity contribution in [1.82, 2.24) is 4.90 Å². The van der Waals surface area contributed by atoms with Crippen LogP contribution in [-0.2, 0) is 9.53 Å². The zero-order valence-corrected chi connectivity index (χ0v) is 11.7. The lowest BCUT2D eigenvalue weighted by atomic mass is 9.91. The van der Waals surface area contributed by atoms with Crippen molar-refractivity contribution in [3.63, 3.8) is 0 Å². The van der Waals surface area contributed by atoms with Gasteiger partial charge in [-0.1, -0.05) is 12.8 Å². The number of methoxy groups -OCH3 is 1. The molecule has 0 saturated heterocycles. The van der Waals surface area contributed by atoms with E-state index in [4.69, 9.17) is 10.00 Å². The van der Waals surface area contributed by atoms with E-state index >= 15 is 0 Å². The third kappa shape index (κ3) is 4.66. The van der Waals surface area contributed by atoms with Crippen LogP contribution in [0.2, 0.25) is 0 Å². The molecule has 4 heteroatoms. The number of esters is 1. The molecule has 0 unspecified atom stereocenters. The third-order valence-corrected chi connectivity index (χ3v) is 3.73. The van der Waals surface area contributed by atoms with Gasteiger partial charge in [-0.15, -0.1) is 0 Å². The Hall–Kier alpha value is -1.08. The molecular formula is C14H24N2O2. The van der Waals surface area contributed by atoms with Gasteiger partial charge >= 0.3 is 5.97 Å². The van der Waals surface area contributed by atoms with Crippen LogP contribution in [0.15, 0.2) is 0 Å². The summed E-state index contributed by atoms with van der Waals surface area (Å²) in [5.74, 6) is -0.184. The van der Waals surface area contributed by atoms with Crippen molar-refractivity contribution in [2.24, 2.45) is 5.41 Å². The lowest BCUT2D eigenvalue weighted by Crippen LogP contribution is -2.40. The van der Waals surface area contributed by atoms with Crippen LogP contribution in [0.25, 0.3) is 0 Å². The smallest absolute Gasteiger partial charge is 0.319 e. The number of ether oxygens (including phenoxy) is 1. The number of carbonyl (C=O) groups is 1. The Morgan fingerprint density at radius 2 is 2.06 bits per heavy atom. The molecule has 0 aromatic carbocycles. The first-order valence-corrected chi connectivity index (χ1v) is 6.70. The number of nitrogens with zero attached hydrogens (tertiary/aromatic N) is 2. The Kier molecular flexibility index (Phi) is 5.61. The second-order valence-electron chi connectivity index (χ2n) is 5.73. The first kappa shape index (κ1) is 15.0. The average molecular weight is 252 g/mol. The molecule has 1 fully saturated rings. The van der Waals surface area contributed by atoms with Crippen LogP contribution in [0, 0.1) is 16.7 Å². The van der Waals surface area contributed by atoms with E-state index in [0.29, 0.717) is 12.6 Å². The van der Waals surface area contributed by atoms with Crippen LogP contribution < -0.4 is 0 Å². The Labute approximate surface area is 110 Å². The van der Waals surface area contributed by atoms with E-state index < -0.39 is 0 Å². The zero-order chi connectivity index (χ0) is 13.6. The molecule has 1 aliphatic rings. The monoisotopic (exact) mass is 252 g/mol. The molecule has 4 nitrogen and oxygen atoms in total. The van der Waals surface area contributed by atoms with E-state index in [2.05, 4.69) is 11.0 Å². The summed E-state index contributed by atoms with van der Waals surface area (Å²) in [4.78, 5) is 13.6. The zero-order valence-electron chi connectivity index (χ0n) is 11.7. The predicted molar refractivity (Wildman–Crippen MR) is 69.9 cm³/mol. The standard InChI is InChI=1S/C14H24N2O2/c1-14(2,11-15)8-9-16(10-13(17)18-3)12-6-4-5-7-12/h12H,4-10H2,1-3H3. The Balaban J connectivity index is 2.54. The summed E-state index contributed by atoms with van der Waals surface area (Å²) < 4.78 is 4.75. The van der Waals surface area contributed by atoms with E-state index in [1.165, 1.54) is 20.0 Å². The van der Waals surface area contributed by atoms with Crippen molar-refractivity contribution < 1.29 is 9.53 Å². The van der Waals surface area contributed by atoms with Crippen LogP contribution in [0.1, 0.15) is 46.0 Å². The number of rotatable bonds is 6. The van der Waals surface area contributed by atoms with Crippen molar-refractivity contribution in [1.29, 1.82) is 5.26 Å². The summed E-state index contributed by atoms with van der Waals surface area (Å²) >= 11 is 0. The predicted octanol–water partition coefficient (Wildman–Crippen LogP) is 2.34. The Morgan fingerprint density at radius 3 is 2.56 bits per heavy atom. The molecule has 0 bridgehead atoms. The van der Waals surface area contributed by atoms with E-state index in [-0.39, 0.29) is 11.4 Å². The molecule has 0 aromatic heterocycles. The second-order valence-corrected chi connectivity index (χ2v) is 5.73. The first-order valence-electron chi connectivity index (χ1n) is 6.70. The number of hydrogen-bond donors (Lipinski definition) is 0. The molecule has 18 heavy (non-hydrogen) atoms. The quantitative estimate of drug-likeness (QED) is 0.681. The minimum atomic E-state index is -0.326. The number of hydrogen-bond acceptors (Lipinski definition) is 4. The third-order valence-electron chi connectivity index (χ3n) is 3.73. The van der Waals surface area contributed by atoms with Gasteiger partial charge in [-0.05, 0) is 33.1 Å². The van der Waals surface area contributed by atoms with E-state index in [1.807, 2.05) is 13.8 Å². The first-order chi connectivity index (χ1) is 8.48. The minimum absolute atomic E-state index is 0.184. The van der Waals surface area contributed by atoms with Gasteiger partial charge in [0.2, 0.25) is 0 Å². The maximum Gasteiger partial charge on any atom is 0.319 e. The number of carbonyl (C=O) groups excluding carboxylic acids is 1. The highest BCUT2D eigenvalue weighted by molar-refractivity contribution is 5.71. The molecule has 0 aromatic rings. The molecule has 102 valence electrons. The summed E-state index contributed by atoms with van der Waals surface area (Å²) in [6.45, 7) is 5.03. The molecule has 1 aliphatic carbocycles. The van der Waals surface area contributed by atoms with Crippen LogP contribution in [0.5, 0.6) is 0 Å². The van der Waals surface area contributed by atoms with Gasteiger partial charge in [0.05, 0.1) is 25.1 Å².